The number of likely N-dealkylation sites (tertiary alicyclic amines) is 2. The lowest BCUT2D eigenvalue weighted by Crippen LogP contribution is -2.60. The van der Waals surface area contributed by atoms with E-state index in [1.54, 1.807) is 30.4 Å². The lowest BCUT2D eigenvalue weighted by molar-refractivity contribution is -0.137. The molecule has 0 radical (unpaired) electrons. The van der Waals surface area contributed by atoms with Crippen LogP contribution in [0.3, 0.4) is 0 Å². The minimum absolute atomic E-state index is 0.0408. The first kappa shape index (κ1) is 51.8. The van der Waals surface area contributed by atoms with Crippen molar-refractivity contribution in [1.29, 1.82) is 0 Å². The number of aromatic nitrogens is 3. The third-order valence-electron chi connectivity index (χ3n) is 13.5. The van der Waals surface area contributed by atoms with E-state index in [2.05, 4.69) is 60.7 Å². The Kier molecular flexibility index (Phi) is 17.6. The van der Waals surface area contributed by atoms with E-state index in [9.17, 15) is 41.9 Å². The van der Waals surface area contributed by atoms with Crippen LogP contribution in [0.4, 0.5) is 19.0 Å². The molecule has 22 heteroatoms. The summed E-state index contributed by atoms with van der Waals surface area (Å²) in [6.07, 6.45) is 3.54. The predicted molar refractivity (Wildman–Crippen MR) is 249 cm³/mol. The third kappa shape index (κ3) is 13.4. The fourth-order valence-corrected chi connectivity index (χ4v) is 9.72. The number of nitrogens with zero attached hydrogens (tertiary/aromatic N) is 5. The molecule has 0 spiro atoms. The van der Waals surface area contributed by atoms with Crippen LogP contribution in [0.15, 0.2) is 49.1 Å². The molecule has 6 N–H and O–H groups in total. The van der Waals surface area contributed by atoms with Gasteiger partial charge in [0.05, 0.1) is 68.1 Å². The Morgan fingerprint density at radius 2 is 1.67 bits per heavy atom. The summed E-state index contributed by atoms with van der Waals surface area (Å²) in [7, 11) is 1.64. The monoisotopic (exact) mass is 979 g/mol. The zero-order chi connectivity index (χ0) is 50.0. The molecule has 0 unspecified atom stereocenters. The minimum Gasteiger partial charge on any atom is -0.379 e. The Bertz CT molecular complexity index is 2320. The lowest BCUT2D eigenvalue weighted by atomic mass is 9.78. The van der Waals surface area contributed by atoms with Crippen LogP contribution in [0.25, 0.3) is 10.9 Å². The number of halogens is 3. The van der Waals surface area contributed by atoms with Gasteiger partial charge >= 0.3 is 6.18 Å². The lowest BCUT2D eigenvalue weighted by Gasteiger charge is -2.43. The Morgan fingerprint density at radius 3 is 2.41 bits per heavy atom. The number of ether oxygens (including phenoxy) is 2. The first-order valence-electron chi connectivity index (χ1n) is 24.1. The molecule has 2 saturated carbocycles. The highest BCUT2D eigenvalue weighted by Gasteiger charge is 2.45. The SMILES string of the molecule is CC(C)CN[C@@H]1CC[C@H](N2CC[C@H](Nc3ncnc4ccc(C(F)(F)F)cc34)C2=O)[C@H](NC(=O)C2CC(NC(=O)CCOCCOCCNC(=O)CNC(=O)[C@H]3CC(=O)N(C)[C@@H]3c3cccnc3)C2)C1. The number of amides is 6. The molecule has 6 atom stereocenters. The quantitative estimate of drug-likeness (QED) is 0.0795. The van der Waals surface area contributed by atoms with Crippen LogP contribution in [-0.4, -0.2) is 150 Å². The molecule has 7 rings (SSSR count). The number of carbonyl (C=O) groups excluding carboxylic acids is 6. The van der Waals surface area contributed by atoms with Gasteiger partial charge in [0, 0.05) is 68.8 Å². The van der Waals surface area contributed by atoms with Gasteiger partial charge in [0.1, 0.15) is 18.2 Å². The second kappa shape index (κ2) is 23.7. The maximum Gasteiger partial charge on any atom is 0.416 e. The fraction of sp³-hybridized carbons (Fsp3) is 0.604. The average molecular weight is 980 g/mol. The number of alkyl halides is 3. The molecule has 2 aromatic heterocycles. The van der Waals surface area contributed by atoms with Gasteiger partial charge in [0.25, 0.3) is 0 Å². The van der Waals surface area contributed by atoms with Crippen LogP contribution in [-0.2, 0) is 44.4 Å². The van der Waals surface area contributed by atoms with Crippen molar-refractivity contribution in [2.24, 2.45) is 17.8 Å². The van der Waals surface area contributed by atoms with Crippen LogP contribution >= 0.6 is 0 Å². The van der Waals surface area contributed by atoms with Crippen LogP contribution < -0.4 is 31.9 Å². The number of benzene rings is 1. The van der Waals surface area contributed by atoms with E-state index in [0.717, 1.165) is 30.7 Å². The highest BCUT2D eigenvalue weighted by molar-refractivity contribution is 5.94. The molecule has 4 heterocycles. The second-order valence-electron chi connectivity index (χ2n) is 19.0. The summed E-state index contributed by atoms with van der Waals surface area (Å²) in [6.45, 7) is 6.27. The number of hydrogen-bond donors (Lipinski definition) is 6. The smallest absolute Gasteiger partial charge is 0.379 e. The molecule has 2 aliphatic heterocycles. The highest BCUT2D eigenvalue weighted by Crippen LogP contribution is 2.37. The van der Waals surface area contributed by atoms with Gasteiger partial charge in [0.15, 0.2) is 0 Å². The summed E-state index contributed by atoms with van der Waals surface area (Å²) in [5.41, 5.74) is 0.226. The van der Waals surface area contributed by atoms with Crippen molar-refractivity contribution < 1.29 is 51.4 Å². The van der Waals surface area contributed by atoms with Gasteiger partial charge in [-0.3, -0.25) is 33.8 Å². The maximum atomic E-state index is 14.0. The van der Waals surface area contributed by atoms with Crippen molar-refractivity contribution in [1.82, 2.24) is 51.3 Å². The summed E-state index contributed by atoms with van der Waals surface area (Å²) >= 11 is 0. The van der Waals surface area contributed by atoms with E-state index in [0.29, 0.717) is 50.1 Å². The number of carbonyl (C=O) groups is 6. The van der Waals surface area contributed by atoms with Crippen LogP contribution in [0, 0.1) is 17.8 Å². The van der Waals surface area contributed by atoms with Crippen molar-refractivity contribution in [2.45, 2.75) is 108 Å². The van der Waals surface area contributed by atoms with Crippen molar-refractivity contribution in [2.75, 3.05) is 65.0 Å². The summed E-state index contributed by atoms with van der Waals surface area (Å²) in [5, 5.41) is 18.4. The second-order valence-corrected chi connectivity index (χ2v) is 19.0. The van der Waals surface area contributed by atoms with E-state index < -0.39 is 41.6 Å². The highest BCUT2D eigenvalue weighted by atomic mass is 19.4. The molecule has 3 aromatic rings. The van der Waals surface area contributed by atoms with E-state index in [-0.39, 0.29) is 117 Å². The summed E-state index contributed by atoms with van der Waals surface area (Å²) in [5.74, 6) is -1.86. The van der Waals surface area contributed by atoms with Crippen LogP contribution in [0.5, 0.6) is 0 Å². The van der Waals surface area contributed by atoms with E-state index in [4.69, 9.17) is 9.47 Å². The zero-order valence-electron chi connectivity index (χ0n) is 39.8. The summed E-state index contributed by atoms with van der Waals surface area (Å²) in [6, 6.07) is 4.98. The van der Waals surface area contributed by atoms with Crippen molar-refractivity contribution in [3.05, 3.63) is 60.2 Å². The summed E-state index contributed by atoms with van der Waals surface area (Å²) < 4.78 is 51.7. The Morgan fingerprint density at radius 1 is 0.886 bits per heavy atom. The maximum absolute atomic E-state index is 14.0. The number of fused-ring (bicyclic) bond motifs is 1. The van der Waals surface area contributed by atoms with Crippen LogP contribution in [0.1, 0.15) is 82.4 Å². The summed E-state index contributed by atoms with van der Waals surface area (Å²) in [4.78, 5) is 93.6. The number of hydrogen-bond acceptors (Lipinski definition) is 13. The average Bonchev–Trinajstić information content (AvgIpc) is 3.83. The third-order valence-corrected chi connectivity index (χ3v) is 13.5. The Balaban J connectivity index is 0.774. The Labute approximate surface area is 404 Å². The molecular formula is C48H64F3N11O8. The normalized spacial score (nSPS) is 24.7. The van der Waals surface area contributed by atoms with Crippen molar-refractivity contribution >= 4 is 52.2 Å². The largest absolute Gasteiger partial charge is 0.416 e. The van der Waals surface area contributed by atoms with Gasteiger partial charge in [-0.2, -0.15) is 13.2 Å². The molecule has 2 saturated heterocycles. The zero-order valence-corrected chi connectivity index (χ0v) is 39.8. The van der Waals surface area contributed by atoms with Gasteiger partial charge in [-0.1, -0.05) is 19.9 Å². The predicted octanol–water partition coefficient (Wildman–Crippen LogP) is 2.48. The topological polar surface area (TPSA) is 238 Å². The fourth-order valence-electron chi connectivity index (χ4n) is 9.72. The molecule has 0 bridgehead atoms. The molecule has 70 heavy (non-hydrogen) atoms. The molecule has 4 aliphatic rings. The molecule has 6 amide bonds. The van der Waals surface area contributed by atoms with Crippen molar-refractivity contribution in [3.8, 4) is 0 Å². The van der Waals surface area contributed by atoms with E-state index >= 15 is 0 Å². The first-order chi connectivity index (χ1) is 33.5. The molecular weight excluding hydrogens is 916 g/mol. The van der Waals surface area contributed by atoms with E-state index in [1.807, 2.05) is 6.07 Å². The standard InChI is InChI=1S/C48H64F3N11O8/c1-28(2)24-54-32-7-9-39(62-14-10-37(47(62)68)59-44-34-21-31(48(49,50)51)6-8-36(34)56-27-57-44)38(22-32)60-45(66)30-19-33(20-30)58-40(63)11-15-69-17-18-70-16-13-53-41(64)26-55-46(67)35-23-42(65)61(3)43(35)29-5-4-12-52-25-29/h4-6,8,12,21,25,27-28,30,32-33,35,37-39,43,54H,7,9-11,13-20,22-24,26H2,1-3H3,(H,53,64)(H,55,67)(H,58,63)(H,60,66)(H,56,57,59)/t30?,32-,33?,35+,37+,38-,39+,43-/m1/s1. The van der Waals surface area contributed by atoms with Gasteiger partial charge in [-0.05, 0) is 80.8 Å². The minimum atomic E-state index is -4.56. The van der Waals surface area contributed by atoms with Crippen LogP contribution in [0.2, 0.25) is 0 Å². The number of pyridine rings is 1. The number of anilines is 1. The van der Waals surface area contributed by atoms with Gasteiger partial charge < -0.3 is 51.2 Å². The van der Waals surface area contributed by atoms with Gasteiger partial charge in [-0.15, -0.1) is 0 Å². The van der Waals surface area contributed by atoms with E-state index in [1.165, 1.54) is 17.3 Å². The first-order valence-corrected chi connectivity index (χ1v) is 24.1. The molecule has 4 fully saturated rings. The number of nitrogens with one attached hydrogen (secondary N) is 6. The molecule has 1 aromatic carbocycles. The molecule has 19 nitrogen and oxygen atoms in total. The van der Waals surface area contributed by atoms with Gasteiger partial charge in [0.2, 0.25) is 35.4 Å². The van der Waals surface area contributed by atoms with Crippen molar-refractivity contribution in [3.63, 3.8) is 0 Å². The molecule has 380 valence electrons. The Hall–Kier alpha value is -6.00. The number of rotatable bonds is 22. The molecule has 2 aliphatic carbocycles. The van der Waals surface area contributed by atoms with Gasteiger partial charge in [-0.25, -0.2) is 9.97 Å².